The second-order valence-corrected chi connectivity index (χ2v) is 8.64. The molecule has 1 aromatic heterocycles. The summed E-state index contributed by atoms with van der Waals surface area (Å²) >= 11 is 0. The second kappa shape index (κ2) is 10.4. The fourth-order valence-corrected chi connectivity index (χ4v) is 4.29. The van der Waals surface area contributed by atoms with Crippen LogP contribution in [0.1, 0.15) is 55.8 Å². The quantitative estimate of drug-likeness (QED) is 0.218. The fourth-order valence-electron chi connectivity index (χ4n) is 4.29. The summed E-state index contributed by atoms with van der Waals surface area (Å²) < 4.78 is 16.6. The zero-order valence-corrected chi connectivity index (χ0v) is 19.3. The van der Waals surface area contributed by atoms with Crippen molar-refractivity contribution in [2.45, 2.75) is 44.4 Å². The number of carbonyl (C=O) groups excluding carboxylic acids is 2. The predicted molar refractivity (Wildman–Crippen MR) is 131 cm³/mol. The maximum Gasteiger partial charge on any atom is 0.338 e. The molecule has 174 valence electrons. The average Bonchev–Trinajstić information content (AvgIpc) is 3.35. The van der Waals surface area contributed by atoms with E-state index in [4.69, 9.17) is 13.9 Å². The molecule has 34 heavy (non-hydrogen) atoms. The second-order valence-electron chi connectivity index (χ2n) is 8.64. The Bertz CT molecular complexity index is 1180. The Labute approximate surface area is 199 Å². The minimum atomic E-state index is -0.451. The molecule has 0 saturated heterocycles. The molecule has 1 saturated carbocycles. The van der Waals surface area contributed by atoms with Gasteiger partial charge in [-0.05, 0) is 92.6 Å². The van der Waals surface area contributed by atoms with Gasteiger partial charge in [-0.25, -0.2) is 9.59 Å². The Morgan fingerprint density at radius 1 is 0.853 bits per heavy atom. The number of benzene rings is 2. The molecule has 0 amide bonds. The summed E-state index contributed by atoms with van der Waals surface area (Å²) in [5, 5.41) is 0. The summed E-state index contributed by atoms with van der Waals surface area (Å²) in [5.74, 6) is 2.83. The van der Waals surface area contributed by atoms with Gasteiger partial charge in [0.25, 0.3) is 0 Å². The van der Waals surface area contributed by atoms with Gasteiger partial charge in [0.2, 0.25) is 0 Å². The summed E-state index contributed by atoms with van der Waals surface area (Å²) in [6.45, 7) is 8.63. The largest absolute Gasteiger partial charge is 0.461 e. The van der Waals surface area contributed by atoms with Crippen LogP contribution in [0.4, 0.5) is 0 Å². The van der Waals surface area contributed by atoms with E-state index < -0.39 is 11.9 Å². The summed E-state index contributed by atoms with van der Waals surface area (Å²) in [7, 11) is 0. The minimum absolute atomic E-state index is 0.362. The third kappa shape index (κ3) is 5.54. The molecule has 0 radical (unpaired) electrons. The Kier molecular flexibility index (Phi) is 7.12. The van der Waals surface area contributed by atoms with Gasteiger partial charge in [0.15, 0.2) is 0 Å². The topological polar surface area (TPSA) is 65.7 Å². The highest BCUT2D eigenvalue weighted by molar-refractivity contribution is 5.88. The van der Waals surface area contributed by atoms with E-state index in [0.29, 0.717) is 28.9 Å². The van der Waals surface area contributed by atoms with Gasteiger partial charge < -0.3 is 13.9 Å². The standard InChI is InChI=1S/C29H28O5/c1-4-28(30)32-24-13-9-21(10-14-24)20-5-7-22(8-6-20)26-17-18-27(34-26)23-11-15-25(16-12-23)33-29(31)19(2)3/h4,9-18,20,22H,1-2,5-8H2,3H3. The number of hydrogen-bond acceptors (Lipinski definition) is 5. The molecule has 2 aromatic carbocycles. The van der Waals surface area contributed by atoms with Crippen LogP contribution in [0.15, 0.2) is 89.9 Å². The molecule has 0 spiro atoms. The first-order chi connectivity index (χ1) is 16.4. The average molecular weight is 457 g/mol. The van der Waals surface area contributed by atoms with Crippen LogP contribution in [0.5, 0.6) is 11.5 Å². The number of furan rings is 1. The number of esters is 2. The van der Waals surface area contributed by atoms with Crippen LogP contribution in [0.2, 0.25) is 0 Å². The summed E-state index contributed by atoms with van der Waals surface area (Å²) in [5.41, 5.74) is 2.57. The third-order valence-corrected chi connectivity index (χ3v) is 6.19. The van der Waals surface area contributed by atoms with Crippen molar-refractivity contribution >= 4 is 11.9 Å². The molecule has 1 fully saturated rings. The first kappa shape index (κ1) is 23.3. The molecular formula is C29H28O5. The van der Waals surface area contributed by atoms with Crippen molar-refractivity contribution in [3.05, 3.63) is 96.8 Å². The molecule has 4 rings (SSSR count). The van der Waals surface area contributed by atoms with E-state index in [2.05, 4.69) is 19.2 Å². The molecule has 0 N–H and O–H groups in total. The molecule has 0 bridgehead atoms. The van der Waals surface area contributed by atoms with Gasteiger partial charge in [0, 0.05) is 23.1 Å². The van der Waals surface area contributed by atoms with Crippen molar-refractivity contribution in [3.63, 3.8) is 0 Å². The van der Waals surface area contributed by atoms with Gasteiger partial charge >= 0.3 is 11.9 Å². The summed E-state index contributed by atoms with van der Waals surface area (Å²) in [6.07, 6.45) is 5.43. The Balaban J connectivity index is 1.34. The lowest BCUT2D eigenvalue weighted by atomic mass is 9.78. The van der Waals surface area contributed by atoms with E-state index in [1.54, 1.807) is 19.1 Å². The normalized spacial score (nSPS) is 17.6. The molecule has 0 aliphatic heterocycles. The van der Waals surface area contributed by atoms with Crippen LogP contribution in [0, 0.1) is 0 Å². The van der Waals surface area contributed by atoms with Gasteiger partial charge in [-0.15, -0.1) is 0 Å². The van der Waals surface area contributed by atoms with Crippen LogP contribution in [-0.2, 0) is 9.59 Å². The molecule has 5 nitrogen and oxygen atoms in total. The van der Waals surface area contributed by atoms with Crippen LogP contribution in [0.25, 0.3) is 11.3 Å². The molecule has 0 atom stereocenters. The van der Waals surface area contributed by atoms with Gasteiger partial charge in [-0.2, -0.15) is 0 Å². The van der Waals surface area contributed by atoms with Crippen molar-refractivity contribution in [1.82, 2.24) is 0 Å². The monoisotopic (exact) mass is 456 g/mol. The van der Waals surface area contributed by atoms with E-state index in [1.807, 2.05) is 42.5 Å². The van der Waals surface area contributed by atoms with Crippen LogP contribution in [0.3, 0.4) is 0 Å². The molecular weight excluding hydrogens is 428 g/mol. The van der Waals surface area contributed by atoms with Crippen molar-refractivity contribution in [2.75, 3.05) is 0 Å². The number of ether oxygens (including phenoxy) is 2. The third-order valence-electron chi connectivity index (χ3n) is 6.19. The van der Waals surface area contributed by atoms with Crippen LogP contribution in [-0.4, -0.2) is 11.9 Å². The van der Waals surface area contributed by atoms with Crippen molar-refractivity contribution in [3.8, 4) is 22.8 Å². The van der Waals surface area contributed by atoms with Gasteiger partial charge in [0.05, 0.1) is 0 Å². The van der Waals surface area contributed by atoms with Crippen molar-refractivity contribution in [1.29, 1.82) is 0 Å². The van der Waals surface area contributed by atoms with Gasteiger partial charge in [-0.3, -0.25) is 0 Å². The van der Waals surface area contributed by atoms with Gasteiger partial charge in [-0.1, -0.05) is 25.3 Å². The zero-order chi connectivity index (χ0) is 24.1. The summed E-state index contributed by atoms with van der Waals surface area (Å²) in [6, 6.07) is 19.1. The van der Waals surface area contributed by atoms with Crippen LogP contribution < -0.4 is 9.47 Å². The molecule has 1 heterocycles. The van der Waals surface area contributed by atoms with E-state index in [1.165, 1.54) is 5.56 Å². The minimum Gasteiger partial charge on any atom is -0.461 e. The highest BCUT2D eigenvalue weighted by atomic mass is 16.5. The van der Waals surface area contributed by atoms with Gasteiger partial charge in [0.1, 0.15) is 23.0 Å². The van der Waals surface area contributed by atoms with E-state index in [0.717, 1.165) is 48.8 Å². The van der Waals surface area contributed by atoms with Crippen LogP contribution >= 0.6 is 0 Å². The summed E-state index contributed by atoms with van der Waals surface area (Å²) in [4.78, 5) is 23.0. The fraction of sp³-hybridized carbons (Fsp3) is 0.241. The highest BCUT2D eigenvalue weighted by Gasteiger charge is 2.25. The first-order valence-electron chi connectivity index (χ1n) is 11.4. The Morgan fingerprint density at radius 3 is 2.06 bits per heavy atom. The highest BCUT2D eigenvalue weighted by Crippen LogP contribution is 2.42. The lowest BCUT2D eigenvalue weighted by Gasteiger charge is -2.27. The Morgan fingerprint density at radius 2 is 1.44 bits per heavy atom. The maximum absolute atomic E-state index is 11.7. The molecule has 1 aliphatic rings. The maximum atomic E-state index is 11.7. The van der Waals surface area contributed by atoms with E-state index in [-0.39, 0.29) is 0 Å². The molecule has 5 heteroatoms. The number of rotatable bonds is 7. The number of hydrogen-bond donors (Lipinski definition) is 0. The molecule has 1 aliphatic carbocycles. The predicted octanol–water partition coefficient (Wildman–Crippen LogP) is 6.96. The Hall–Kier alpha value is -3.86. The molecule has 0 unspecified atom stereocenters. The lowest BCUT2D eigenvalue weighted by molar-refractivity contribution is -0.130. The SMILES string of the molecule is C=CC(=O)Oc1ccc(C2CCC(c3ccc(-c4ccc(OC(=O)C(=C)C)cc4)o3)CC2)cc1. The van der Waals surface area contributed by atoms with E-state index >= 15 is 0 Å². The molecule has 3 aromatic rings. The smallest absolute Gasteiger partial charge is 0.338 e. The van der Waals surface area contributed by atoms with Crippen molar-refractivity contribution < 1.29 is 23.5 Å². The van der Waals surface area contributed by atoms with Crippen molar-refractivity contribution in [2.24, 2.45) is 0 Å². The first-order valence-corrected chi connectivity index (χ1v) is 11.4. The lowest BCUT2D eigenvalue weighted by Crippen LogP contribution is -2.11. The zero-order valence-electron chi connectivity index (χ0n) is 19.3. The number of carbonyl (C=O) groups is 2. The van der Waals surface area contributed by atoms with E-state index in [9.17, 15) is 9.59 Å².